The molecule has 0 saturated carbocycles. The van der Waals surface area contributed by atoms with Crippen molar-refractivity contribution in [3.63, 3.8) is 0 Å². The molecule has 0 aromatic heterocycles. The Morgan fingerprint density at radius 2 is 1.54 bits per heavy atom. The van der Waals surface area contributed by atoms with Gasteiger partial charge in [-0.25, -0.2) is 12.8 Å². The second-order valence-electron chi connectivity index (χ2n) is 8.95. The van der Waals surface area contributed by atoms with Crippen LogP contribution in [0.1, 0.15) is 19.4 Å². The zero-order chi connectivity index (χ0) is 30.2. The Morgan fingerprint density at radius 1 is 0.902 bits per heavy atom. The minimum atomic E-state index is -4.38. The van der Waals surface area contributed by atoms with Crippen LogP contribution < -0.4 is 23.8 Å². The third-order valence-corrected chi connectivity index (χ3v) is 8.14. The van der Waals surface area contributed by atoms with E-state index in [0.717, 1.165) is 16.4 Å². The van der Waals surface area contributed by atoms with Crippen LogP contribution in [0.15, 0.2) is 71.6 Å². The second-order valence-corrected chi connectivity index (χ2v) is 10.8. The van der Waals surface area contributed by atoms with E-state index in [0.29, 0.717) is 23.6 Å². The minimum Gasteiger partial charge on any atom is -0.497 e. The van der Waals surface area contributed by atoms with Crippen LogP contribution in [-0.4, -0.2) is 65.6 Å². The highest BCUT2D eigenvalue weighted by atomic mass is 32.2. The van der Waals surface area contributed by atoms with Gasteiger partial charge in [-0.2, -0.15) is 0 Å². The van der Waals surface area contributed by atoms with Gasteiger partial charge < -0.3 is 24.4 Å². The lowest BCUT2D eigenvalue weighted by atomic mass is 10.1. The van der Waals surface area contributed by atoms with E-state index in [9.17, 15) is 22.4 Å². The maximum Gasteiger partial charge on any atom is 0.264 e. The molecule has 12 heteroatoms. The molecule has 3 aromatic carbocycles. The molecular formula is C29H34FN3O7S. The molecule has 0 spiro atoms. The quantitative estimate of drug-likeness (QED) is 0.325. The summed E-state index contributed by atoms with van der Waals surface area (Å²) in [6.45, 7) is 3.03. The van der Waals surface area contributed by atoms with E-state index in [1.54, 1.807) is 38.1 Å². The Hall–Kier alpha value is -4.32. The van der Waals surface area contributed by atoms with Gasteiger partial charge in [-0.3, -0.25) is 13.9 Å². The smallest absolute Gasteiger partial charge is 0.264 e. The molecule has 1 atom stereocenters. The number of carbonyl (C=O) groups excluding carboxylic acids is 2. The van der Waals surface area contributed by atoms with E-state index in [1.165, 1.54) is 56.6 Å². The minimum absolute atomic E-state index is 0.0226. The number of amides is 2. The predicted molar refractivity (Wildman–Crippen MR) is 152 cm³/mol. The molecule has 41 heavy (non-hydrogen) atoms. The average molecular weight is 588 g/mol. The number of hydrogen-bond acceptors (Lipinski definition) is 7. The molecule has 1 N–H and O–H groups in total. The highest BCUT2D eigenvalue weighted by molar-refractivity contribution is 7.92. The van der Waals surface area contributed by atoms with Crippen LogP contribution in [0.25, 0.3) is 0 Å². The van der Waals surface area contributed by atoms with E-state index in [2.05, 4.69) is 5.32 Å². The number of methoxy groups -OCH3 is 3. The molecular weight excluding hydrogens is 553 g/mol. The summed E-state index contributed by atoms with van der Waals surface area (Å²) in [6.07, 6.45) is 0. The fourth-order valence-electron chi connectivity index (χ4n) is 4.07. The lowest BCUT2D eigenvalue weighted by Crippen LogP contribution is -2.51. The standard InChI is InChI=1S/C29H34FN3O7S/c1-6-31-29(35)20(2)32(18-21-7-13-24(38-3)14-8-21)28(34)19-33(23-11-9-22(30)10-12-23)41(36,37)25-15-16-26(39-4)27(17-25)40-5/h7-17,20H,6,18-19H2,1-5H3,(H,31,35)/t20-/m1/s1. The Labute approximate surface area is 239 Å². The maximum atomic E-state index is 14.0. The Kier molecular flexibility index (Phi) is 10.5. The fraction of sp³-hybridized carbons (Fsp3) is 0.310. The number of anilines is 1. The van der Waals surface area contributed by atoms with E-state index in [4.69, 9.17) is 14.2 Å². The number of sulfonamides is 1. The summed E-state index contributed by atoms with van der Waals surface area (Å²) >= 11 is 0. The van der Waals surface area contributed by atoms with Gasteiger partial charge in [0.05, 0.1) is 31.9 Å². The van der Waals surface area contributed by atoms with Crippen LogP contribution in [0.4, 0.5) is 10.1 Å². The molecule has 10 nitrogen and oxygen atoms in total. The number of halogens is 1. The van der Waals surface area contributed by atoms with E-state index in [-0.39, 0.29) is 22.9 Å². The molecule has 0 bridgehead atoms. The number of nitrogens with zero attached hydrogens (tertiary/aromatic N) is 2. The summed E-state index contributed by atoms with van der Waals surface area (Å²) in [4.78, 5) is 27.8. The third-order valence-electron chi connectivity index (χ3n) is 6.37. The first-order chi connectivity index (χ1) is 19.5. The van der Waals surface area contributed by atoms with Crippen molar-refractivity contribution < 1.29 is 36.6 Å². The van der Waals surface area contributed by atoms with Gasteiger partial charge in [0.1, 0.15) is 24.2 Å². The zero-order valence-corrected chi connectivity index (χ0v) is 24.4. The van der Waals surface area contributed by atoms with Crippen LogP contribution in [0.3, 0.4) is 0 Å². The lowest BCUT2D eigenvalue weighted by Gasteiger charge is -2.32. The Balaban J connectivity index is 2.05. The topological polar surface area (TPSA) is 114 Å². The lowest BCUT2D eigenvalue weighted by molar-refractivity contribution is -0.139. The van der Waals surface area contributed by atoms with E-state index < -0.39 is 40.2 Å². The summed E-state index contributed by atoms with van der Waals surface area (Å²) < 4.78 is 58.2. The van der Waals surface area contributed by atoms with E-state index >= 15 is 0 Å². The van der Waals surface area contributed by atoms with Crippen molar-refractivity contribution in [2.75, 3.05) is 38.7 Å². The Bertz CT molecular complexity index is 1450. The van der Waals surface area contributed by atoms with Gasteiger partial charge in [0.25, 0.3) is 10.0 Å². The van der Waals surface area contributed by atoms with Crippen LogP contribution in [-0.2, 0) is 26.2 Å². The van der Waals surface area contributed by atoms with Gasteiger partial charge in [0.2, 0.25) is 11.8 Å². The first-order valence-electron chi connectivity index (χ1n) is 12.8. The van der Waals surface area contributed by atoms with Crippen molar-refractivity contribution in [1.29, 1.82) is 0 Å². The van der Waals surface area contributed by atoms with Gasteiger partial charge in [0.15, 0.2) is 11.5 Å². The Morgan fingerprint density at radius 3 is 2.10 bits per heavy atom. The van der Waals surface area contributed by atoms with Crippen LogP contribution in [0.5, 0.6) is 17.2 Å². The molecule has 0 aliphatic carbocycles. The molecule has 3 rings (SSSR count). The number of hydrogen-bond donors (Lipinski definition) is 1. The highest BCUT2D eigenvalue weighted by Crippen LogP contribution is 2.32. The normalized spacial score (nSPS) is 11.8. The summed E-state index contributed by atoms with van der Waals surface area (Å²) in [6, 6.07) is 14.8. The van der Waals surface area contributed by atoms with Crippen LogP contribution >= 0.6 is 0 Å². The summed E-state index contributed by atoms with van der Waals surface area (Å²) in [5, 5.41) is 2.70. The van der Waals surface area contributed by atoms with Crippen molar-refractivity contribution in [1.82, 2.24) is 10.2 Å². The van der Waals surface area contributed by atoms with Crippen molar-refractivity contribution in [3.05, 3.63) is 78.1 Å². The zero-order valence-electron chi connectivity index (χ0n) is 23.6. The molecule has 0 radical (unpaired) electrons. The second kappa shape index (κ2) is 13.8. The number of rotatable bonds is 13. The molecule has 0 aliphatic heterocycles. The SMILES string of the molecule is CCNC(=O)[C@@H](C)N(Cc1ccc(OC)cc1)C(=O)CN(c1ccc(F)cc1)S(=O)(=O)c1ccc(OC)c(OC)c1. The number of ether oxygens (including phenoxy) is 3. The van der Waals surface area contributed by atoms with Gasteiger partial charge in [-0.1, -0.05) is 12.1 Å². The molecule has 2 amide bonds. The van der Waals surface area contributed by atoms with Gasteiger partial charge in [-0.05, 0) is 67.9 Å². The average Bonchev–Trinajstić information content (AvgIpc) is 2.98. The van der Waals surface area contributed by atoms with Gasteiger partial charge >= 0.3 is 0 Å². The number of carbonyl (C=O) groups is 2. The maximum absolute atomic E-state index is 14.0. The molecule has 0 saturated heterocycles. The first kappa shape index (κ1) is 31.2. The largest absolute Gasteiger partial charge is 0.497 e. The fourth-order valence-corrected chi connectivity index (χ4v) is 5.50. The predicted octanol–water partition coefficient (Wildman–Crippen LogP) is 3.60. The number of benzene rings is 3. The van der Waals surface area contributed by atoms with Gasteiger partial charge in [-0.15, -0.1) is 0 Å². The van der Waals surface area contributed by atoms with Crippen molar-refractivity contribution in [2.45, 2.75) is 31.3 Å². The van der Waals surface area contributed by atoms with Gasteiger partial charge in [0, 0.05) is 19.2 Å². The molecule has 0 unspecified atom stereocenters. The molecule has 220 valence electrons. The first-order valence-corrected chi connectivity index (χ1v) is 14.2. The molecule has 0 fully saturated rings. The van der Waals surface area contributed by atoms with Crippen LogP contribution in [0.2, 0.25) is 0 Å². The summed E-state index contributed by atoms with van der Waals surface area (Å²) in [5.74, 6) is -0.512. The van der Waals surface area contributed by atoms with Crippen molar-refractivity contribution in [3.8, 4) is 17.2 Å². The number of likely N-dealkylation sites (N-methyl/N-ethyl adjacent to an activating group) is 1. The van der Waals surface area contributed by atoms with Crippen LogP contribution in [0, 0.1) is 5.82 Å². The summed E-state index contributed by atoms with van der Waals surface area (Å²) in [5.41, 5.74) is 0.760. The summed E-state index contributed by atoms with van der Waals surface area (Å²) in [7, 11) is -0.0580. The third kappa shape index (κ3) is 7.46. The highest BCUT2D eigenvalue weighted by Gasteiger charge is 2.33. The molecule has 0 heterocycles. The monoisotopic (exact) mass is 587 g/mol. The van der Waals surface area contributed by atoms with Crippen molar-refractivity contribution in [2.24, 2.45) is 0 Å². The molecule has 3 aromatic rings. The van der Waals surface area contributed by atoms with Crippen molar-refractivity contribution >= 4 is 27.5 Å². The number of nitrogens with one attached hydrogen (secondary N) is 1. The molecule has 0 aliphatic rings. The van der Waals surface area contributed by atoms with E-state index in [1.807, 2.05) is 0 Å².